The summed E-state index contributed by atoms with van der Waals surface area (Å²) in [6.45, 7) is 4.92. The fourth-order valence-electron chi connectivity index (χ4n) is 4.33. The van der Waals surface area contributed by atoms with E-state index in [1.807, 2.05) is 24.3 Å². The standard InChI is InChI=1S/C32H35N3O6S/c1-20(2)21-7-9-22(10-8-21)33-28-29(32(38)35(31(28)37)17-6-18-39-3)42-25-14-11-23(12-15-25)34-30(36)26-16-13-24(40-4)19-27(26)41-5/h7-16,19-20,33H,6,17-18H2,1-5H3,(H,34,36). The Morgan fingerprint density at radius 1 is 0.881 bits per heavy atom. The largest absolute Gasteiger partial charge is 0.497 e. The van der Waals surface area contributed by atoms with E-state index in [2.05, 4.69) is 24.5 Å². The van der Waals surface area contributed by atoms with Crippen LogP contribution in [0.4, 0.5) is 11.4 Å². The number of methoxy groups -OCH3 is 3. The third kappa shape index (κ3) is 7.13. The molecule has 10 heteroatoms. The average molecular weight is 590 g/mol. The van der Waals surface area contributed by atoms with Gasteiger partial charge in [-0.15, -0.1) is 0 Å². The van der Waals surface area contributed by atoms with Crippen LogP contribution in [0.2, 0.25) is 0 Å². The SMILES string of the molecule is COCCCN1C(=O)C(Nc2ccc(C(C)C)cc2)=C(Sc2ccc(NC(=O)c3ccc(OC)cc3OC)cc2)C1=O. The second-order valence-electron chi connectivity index (χ2n) is 9.86. The summed E-state index contributed by atoms with van der Waals surface area (Å²) in [5, 5.41) is 6.05. The van der Waals surface area contributed by atoms with E-state index in [1.54, 1.807) is 56.7 Å². The molecular formula is C32H35N3O6S. The maximum absolute atomic E-state index is 13.4. The molecule has 3 aromatic carbocycles. The molecule has 0 radical (unpaired) electrons. The van der Waals surface area contributed by atoms with Gasteiger partial charge in [0.1, 0.15) is 22.1 Å². The third-order valence-electron chi connectivity index (χ3n) is 6.69. The van der Waals surface area contributed by atoms with Crippen molar-refractivity contribution in [2.24, 2.45) is 0 Å². The topological polar surface area (TPSA) is 106 Å². The quantitative estimate of drug-likeness (QED) is 0.188. The van der Waals surface area contributed by atoms with Gasteiger partial charge < -0.3 is 24.8 Å². The Labute approximate surface area is 250 Å². The highest BCUT2D eigenvalue weighted by atomic mass is 32.2. The zero-order valence-corrected chi connectivity index (χ0v) is 25.2. The second kappa shape index (κ2) is 14.1. The maximum atomic E-state index is 13.4. The number of benzene rings is 3. The van der Waals surface area contributed by atoms with Crippen LogP contribution in [-0.4, -0.2) is 57.1 Å². The van der Waals surface area contributed by atoms with E-state index >= 15 is 0 Å². The van der Waals surface area contributed by atoms with Gasteiger partial charge in [0.25, 0.3) is 17.7 Å². The molecule has 0 aliphatic carbocycles. The molecule has 0 saturated heterocycles. The first-order valence-corrected chi connectivity index (χ1v) is 14.3. The van der Waals surface area contributed by atoms with Gasteiger partial charge in [0.15, 0.2) is 0 Å². The van der Waals surface area contributed by atoms with Gasteiger partial charge in [0, 0.05) is 42.6 Å². The number of carbonyl (C=O) groups is 3. The molecule has 3 amide bonds. The highest BCUT2D eigenvalue weighted by Crippen LogP contribution is 2.36. The molecular weight excluding hydrogens is 554 g/mol. The second-order valence-corrected chi connectivity index (χ2v) is 10.9. The monoisotopic (exact) mass is 589 g/mol. The zero-order chi connectivity index (χ0) is 30.2. The van der Waals surface area contributed by atoms with E-state index in [0.29, 0.717) is 46.6 Å². The summed E-state index contributed by atoms with van der Waals surface area (Å²) in [5.41, 5.74) is 3.07. The summed E-state index contributed by atoms with van der Waals surface area (Å²) in [6.07, 6.45) is 0.537. The summed E-state index contributed by atoms with van der Waals surface area (Å²) < 4.78 is 15.7. The minimum atomic E-state index is -0.371. The van der Waals surface area contributed by atoms with Gasteiger partial charge in [-0.05, 0) is 66.4 Å². The Morgan fingerprint density at radius 2 is 1.57 bits per heavy atom. The predicted molar refractivity (Wildman–Crippen MR) is 164 cm³/mol. The zero-order valence-electron chi connectivity index (χ0n) is 24.4. The number of rotatable bonds is 13. The molecule has 0 bridgehead atoms. The summed E-state index contributed by atoms with van der Waals surface area (Å²) >= 11 is 1.20. The normalized spacial score (nSPS) is 13.1. The van der Waals surface area contributed by atoms with Crippen molar-refractivity contribution in [3.8, 4) is 11.5 Å². The number of imide groups is 1. The number of amides is 3. The van der Waals surface area contributed by atoms with Gasteiger partial charge in [-0.3, -0.25) is 19.3 Å². The van der Waals surface area contributed by atoms with Crippen molar-refractivity contribution in [1.29, 1.82) is 0 Å². The number of nitrogens with one attached hydrogen (secondary N) is 2. The van der Waals surface area contributed by atoms with E-state index in [9.17, 15) is 14.4 Å². The molecule has 220 valence electrons. The summed E-state index contributed by atoms with van der Waals surface area (Å²) in [7, 11) is 4.62. The van der Waals surface area contributed by atoms with Crippen LogP contribution in [0.25, 0.3) is 0 Å². The third-order valence-corrected chi connectivity index (χ3v) is 7.78. The first-order valence-electron chi connectivity index (χ1n) is 13.5. The Balaban J connectivity index is 1.53. The smallest absolute Gasteiger partial charge is 0.278 e. The van der Waals surface area contributed by atoms with Gasteiger partial charge in [0.05, 0.1) is 19.8 Å². The number of hydrogen-bond donors (Lipinski definition) is 2. The minimum absolute atomic E-state index is 0.240. The fourth-order valence-corrected chi connectivity index (χ4v) is 5.28. The lowest BCUT2D eigenvalue weighted by Gasteiger charge is -2.15. The molecule has 1 aliphatic rings. The first kappa shape index (κ1) is 30.7. The van der Waals surface area contributed by atoms with Gasteiger partial charge in [-0.25, -0.2) is 0 Å². The molecule has 0 unspecified atom stereocenters. The number of thioether (sulfide) groups is 1. The molecule has 0 saturated carbocycles. The molecule has 2 N–H and O–H groups in total. The van der Waals surface area contributed by atoms with Crippen molar-refractivity contribution < 1.29 is 28.6 Å². The fraction of sp³-hybridized carbons (Fsp3) is 0.281. The van der Waals surface area contributed by atoms with Crippen LogP contribution in [0.3, 0.4) is 0 Å². The van der Waals surface area contributed by atoms with Gasteiger partial charge in [-0.1, -0.05) is 37.7 Å². The molecule has 0 aromatic heterocycles. The van der Waals surface area contributed by atoms with Crippen LogP contribution in [0, 0.1) is 0 Å². The molecule has 9 nitrogen and oxygen atoms in total. The van der Waals surface area contributed by atoms with Crippen molar-refractivity contribution in [3.63, 3.8) is 0 Å². The number of anilines is 2. The lowest BCUT2D eigenvalue weighted by molar-refractivity contribution is -0.137. The van der Waals surface area contributed by atoms with Crippen molar-refractivity contribution in [2.45, 2.75) is 31.1 Å². The minimum Gasteiger partial charge on any atom is -0.497 e. The van der Waals surface area contributed by atoms with E-state index in [1.165, 1.54) is 29.3 Å². The molecule has 0 fully saturated rings. The van der Waals surface area contributed by atoms with Crippen LogP contribution in [-0.2, 0) is 14.3 Å². The highest BCUT2D eigenvalue weighted by molar-refractivity contribution is 8.04. The highest BCUT2D eigenvalue weighted by Gasteiger charge is 2.38. The molecule has 42 heavy (non-hydrogen) atoms. The maximum Gasteiger partial charge on any atom is 0.278 e. The van der Waals surface area contributed by atoms with E-state index in [4.69, 9.17) is 14.2 Å². The first-order chi connectivity index (χ1) is 20.2. The number of ether oxygens (including phenoxy) is 3. The molecule has 4 rings (SSSR count). The van der Waals surface area contributed by atoms with E-state index in [0.717, 1.165) is 10.6 Å². The summed E-state index contributed by atoms with van der Waals surface area (Å²) in [5.74, 6) is 0.287. The van der Waals surface area contributed by atoms with Crippen molar-refractivity contribution in [2.75, 3.05) is 45.1 Å². The molecule has 3 aromatic rings. The lowest BCUT2D eigenvalue weighted by atomic mass is 10.0. The van der Waals surface area contributed by atoms with Crippen molar-refractivity contribution in [1.82, 2.24) is 4.90 Å². The number of carbonyl (C=O) groups excluding carboxylic acids is 3. The Hall–Kier alpha value is -4.28. The molecule has 1 aliphatic heterocycles. The van der Waals surface area contributed by atoms with Crippen LogP contribution in [0.15, 0.2) is 82.2 Å². The van der Waals surface area contributed by atoms with E-state index in [-0.39, 0.29) is 30.0 Å². The number of hydrogen-bond acceptors (Lipinski definition) is 8. The van der Waals surface area contributed by atoms with Crippen LogP contribution < -0.4 is 20.1 Å². The Bertz CT molecular complexity index is 1470. The van der Waals surface area contributed by atoms with Crippen LogP contribution in [0.1, 0.15) is 42.1 Å². The lowest BCUT2D eigenvalue weighted by Crippen LogP contribution is -2.33. The predicted octanol–water partition coefficient (Wildman–Crippen LogP) is 5.90. The Morgan fingerprint density at radius 3 is 2.19 bits per heavy atom. The average Bonchev–Trinajstić information content (AvgIpc) is 3.21. The van der Waals surface area contributed by atoms with Crippen molar-refractivity contribution in [3.05, 3.63) is 88.5 Å². The van der Waals surface area contributed by atoms with Gasteiger partial charge >= 0.3 is 0 Å². The molecule has 0 atom stereocenters. The van der Waals surface area contributed by atoms with Crippen molar-refractivity contribution >= 4 is 40.9 Å². The van der Waals surface area contributed by atoms with Gasteiger partial charge in [-0.2, -0.15) is 0 Å². The van der Waals surface area contributed by atoms with Crippen LogP contribution >= 0.6 is 11.8 Å². The summed E-state index contributed by atoms with van der Waals surface area (Å²) in [6, 6.07) is 19.9. The van der Waals surface area contributed by atoms with Crippen LogP contribution in [0.5, 0.6) is 11.5 Å². The molecule has 0 spiro atoms. The number of nitrogens with zero attached hydrogens (tertiary/aromatic N) is 1. The molecule has 1 heterocycles. The summed E-state index contributed by atoms with van der Waals surface area (Å²) in [4.78, 5) is 42.0. The Kier molecular flexibility index (Phi) is 10.3. The van der Waals surface area contributed by atoms with E-state index < -0.39 is 0 Å². The van der Waals surface area contributed by atoms with Gasteiger partial charge in [0.2, 0.25) is 0 Å².